The number of hydrogen-bond donors (Lipinski definition) is 1. The topological polar surface area (TPSA) is 69.6 Å². The minimum Gasteiger partial charge on any atom is -0.398 e. The molecule has 0 saturated heterocycles. The third-order valence-electron chi connectivity index (χ3n) is 4.26. The van der Waals surface area contributed by atoms with E-state index < -0.39 is 0 Å². The van der Waals surface area contributed by atoms with E-state index in [2.05, 4.69) is 15.5 Å². The molecular formula is C15H20ClN5. The minimum absolute atomic E-state index is 0.585. The van der Waals surface area contributed by atoms with Crippen molar-refractivity contribution in [3.05, 3.63) is 23.2 Å². The van der Waals surface area contributed by atoms with Gasteiger partial charge in [-0.25, -0.2) is 4.68 Å². The predicted molar refractivity (Wildman–Crippen MR) is 83.9 cm³/mol. The van der Waals surface area contributed by atoms with Crippen LogP contribution >= 0.6 is 11.6 Å². The highest BCUT2D eigenvalue weighted by Gasteiger charge is 2.17. The van der Waals surface area contributed by atoms with E-state index in [1.807, 2.05) is 22.9 Å². The molecule has 0 spiro atoms. The molecule has 0 bridgehead atoms. The Labute approximate surface area is 129 Å². The van der Waals surface area contributed by atoms with Gasteiger partial charge in [0.15, 0.2) is 5.82 Å². The maximum absolute atomic E-state index is 6.24. The third-order valence-corrected chi connectivity index (χ3v) is 4.57. The monoisotopic (exact) mass is 305 g/mol. The van der Waals surface area contributed by atoms with Gasteiger partial charge in [0.1, 0.15) is 0 Å². The molecule has 0 atom stereocenters. The Bertz CT molecular complexity index is 584. The summed E-state index contributed by atoms with van der Waals surface area (Å²) in [4.78, 5) is 0. The van der Waals surface area contributed by atoms with Crippen LogP contribution in [0.4, 0.5) is 5.69 Å². The van der Waals surface area contributed by atoms with Crippen molar-refractivity contribution in [2.45, 2.75) is 45.1 Å². The highest BCUT2D eigenvalue weighted by molar-refractivity contribution is 6.33. The molecule has 3 rings (SSSR count). The van der Waals surface area contributed by atoms with Crippen molar-refractivity contribution in [1.29, 1.82) is 0 Å². The first-order valence-electron chi connectivity index (χ1n) is 7.56. The number of nitrogen functional groups attached to an aromatic ring is 1. The van der Waals surface area contributed by atoms with Gasteiger partial charge >= 0.3 is 0 Å². The van der Waals surface area contributed by atoms with Crippen LogP contribution in [0.3, 0.4) is 0 Å². The zero-order valence-electron chi connectivity index (χ0n) is 12.0. The maximum Gasteiger partial charge on any atom is 0.185 e. The second kappa shape index (κ2) is 6.43. The molecule has 1 aromatic carbocycles. The lowest BCUT2D eigenvalue weighted by molar-refractivity contribution is 0.444. The largest absolute Gasteiger partial charge is 0.398 e. The van der Waals surface area contributed by atoms with E-state index in [0.717, 1.165) is 24.4 Å². The number of nitrogens with zero attached hydrogens (tertiary/aromatic N) is 4. The fourth-order valence-corrected chi connectivity index (χ4v) is 3.41. The van der Waals surface area contributed by atoms with Crippen molar-refractivity contribution < 1.29 is 0 Å². The summed E-state index contributed by atoms with van der Waals surface area (Å²) >= 11 is 6.24. The number of aryl methyl sites for hydroxylation is 1. The van der Waals surface area contributed by atoms with E-state index in [1.165, 1.54) is 32.1 Å². The molecule has 1 saturated carbocycles. The van der Waals surface area contributed by atoms with Crippen LogP contribution in [-0.2, 0) is 6.54 Å². The standard InChI is InChI=1S/C15H20ClN5/c16-12-8-3-9-13(17)14(12)15-18-19-20-21(15)10-4-7-11-5-1-2-6-11/h3,8-9,11H,1-2,4-7,10,17H2. The molecule has 1 aromatic heterocycles. The number of hydrogen-bond acceptors (Lipinski definition) is 4. The molecule has 1 aliphatic carbocycles. The SMILES string of the molecule is Nc1cccc(Cl)c1-c1nnnn1CCCC1CCCC1. The Morgan fingerprint density at radius 2 is 2.10 bits per heavy atom. The molecule has 0 aliphatic heterocycles. The fourth-order valence-electron chi connectivity index (χ4n) is 3.14. The highest BCUT2D eigenvalue weighted by atomic mass is 35.5. The Hall–Kier alpha value is -1.62. The van der Waals surface area contributed by atoms with Crippen LogP contribution in [0.5, 0.6) is 0 Å². The van der Waals surface area contributed by atoms with Gasteiger partial charge < -0.3 is 5.73 Å². The molecule has 0 amide bonds. The smallest absolute Gasteiger partial charge is 0.185 e. The summed E-state index contributed by atoms with van der Waals surface area (Å²) in [6.45, 7) is 0.809. The Morgan fingerprint density at radius 1 is 1.29 bits per heavy atom. The van der Waals surface area contributed by atoms with Crippen LogP contribution in [0.1, 0.15) is 38.5 Å². The summed E-state index contributed by atoms with van der Waals surface area (Å²) < 4.78 is 1.81. The third kappa shape index (κ3) is 3.18. The summed E-state index contributed by atoms with van der Waals surface area (Å²) in [7, 11) is 0. The summed E-state index contributed by atoms with van der Waals surface area (Å²) in [6, 6.07) is 5.46. The molecule has 6 heteroatoms. The van der Waals surface area contributed by atoms with E-state index in [1.54, 1.807) is 0 Å². The lowest BCUT2D eigenvalue weighted by Gasteiger charge is -2.10. The molecule has 0 unspecified atom stereocenters. The van der Waals surface area contributed by atoms with Gasteiger partial charge in [-0.1, -0.05) is 43.4 Å². The maximum atomic E-state index is 6.24. The summed E-state index contributed by atoms with van der Waals surface area (Å²) in [5.41, 5.74) is 7.35. The molecule has 1 heterocycles. The molecule has 0 radical (unpaired) electrons. The van der Waals surface area contributed by atoms with Crippen molar-refractivity contribution in [3.63, 3.8) is 0 Å². The van der Waals surface area contributed by atoms with Gasteiger partial charge in [0, 0.05) is 12.2 Å². The van der Waals surface area contributed by atoms with Gasteiger partial charge in [-0.15, -0.1) is 5.10 Å². The highest BCUT2D eigenvalue weighted by Crippen LogP contribution is 2.32. The van der Waals surface area contributed by atoms with E-state index in [9.17, 15) is 0 Å². The number of anilines is 1. The summed E-state index contributed by atoms with van der Waals surface area (Å²) in [6.07, 6.45) is 7.86. The average Bonchev–Trinajstić information content (AvgIpc) is 3.11. The van der Waals surface area contributed by atoms with E-state index in [4.69, 9.17) is 17.3 Å². The van der Waals surface area contributed by atoms with Crippen LogP contribution < -0.4 is 5.73 Å². The lowest BCUT2D eigenvalue weighted by Crippen LogP contribution is -2.06. The molecule has 112 valence electrons. The van der Waals surface area contributed by atoms with Crippen LogP contribution in [-0.4, -0.2) is 20.2 Å². The van der Waals surface area contributed by atoms with Crippen LogP contribution in [0.15, 0.2) is 18.2 Å². The molecule has 5 nitrogen and oxygen atoms in total. The molecule has 1 fully saturated rings. The second-order valence-corrected chi connectivity index (χ2v) is 6.13. The fraction of sp³-hybridized carbons (Fsp3) is 0.533. The van der Waals surface area contributed by atoms with Gasteiger partial charge in [-0.2, -0.15) is 0 Å². The van der Waals surface area contributed by atoms with Crippen molar-refractivity contribution >= 4 is 17.3 Å². The van der Waals surface area contributed by atoms with Gasteiger partial charge in [0.2, 0.25) is 0 Å². The van der Waals surface area contributed by atoms with Gasteiger partial charge in [0.25, 0.3) is 0 Å². The van der Waals surface area contributed by atoms with Crippen LogP contribution in [0.2, 0.25) is 5.02 Å². The number of nitrogens with two attached hydrogens (primary N) is 1. The van der Waals surface area contributed by atoms with Crippen molar-refractivity contribution in [2.24, 2.45) is 5.92 Å². The van der Waals surface area contributed by atoms with Crippen molar-refractivity contribution in [1.82, 2.24) is 20.2 Å². The first-order chi connectivity index (χ1) is 10.3. The quantitative estimate of drug-likeness (QED) is 0.858. The Kier molecular flexibility index (Phi) is 4.39. The van der Waals surface area contributed by atoms with Crippen LogP contribution in [0, 0.1) is 5.92 Å². The number of halogens is 1. The zero-order chi connectivity index (χ0) is 14.7. The second-order valence-electron chi connectivity index (χ2n) is 5.72. The molecule has 21 heavy (non-hydrogen) atoms. The zero-order valence-corrected chi connectivity index (χ0v) is 12.8. The molecule has 2 N–H and O–H groups in total. The Balaban J connectivity index is 1.71. The number of benzene rings is 1. The van der Waals surface area contributed by atoms with Crippen molar-refractivity contribution in [3.8, 4) is 11.4 Å². The minimum atomic E-state index is 0.585. The number of aromatic nitrogens is 4. The van der Waals surface area contributed by atoms with E-state index in [-0.39, 0.29) is 0 Å². The van der Waals surface area contributed by atoms with E-state index >= 15 is 0 Å². The van der Waals surface area contributed by atoms with E-state index in [0.29, 0.717) is 16.5 Å². The first-order valence-corrected chi connectivity index (χ1v) is 7.94. The van der Waals surface area contributed by atoms with Crippen molar-refractivity contribution in [2.75, 3.05) is 5.73 Å². The molecule has 1 aliphatic rings. The number of rotatable bonds is 5. The first kappa shape index (κ1) is 14.3. The van der Waals surface area contributed by atoms with Gasteiger partial charge in [0.05, 0.1) is 10.6 Å². The van der Waals surface area contributed by atoms with Gasteiger partial charge in [-0.3, -0.25) is 0 Å². The Morgan fingerprint density at radius 3 is 2.86 bits per heavy atom. The lowest BCUT2D eigenvalue weighted by atomic mass is 10.0. The number of tetrazole rings is 1. The van der Waals surface area contributed by atoms with Crippen LogP contribution in [0.25, 0.3) is 11.4 Å². The summed E-state index contributed by atoms with van der Waals surface area (Å²) in [5, 5.41) is 12.5. The van der Waals surface area contributed by atoms with Gasteiger partial charge in [-0.05, 0) is 41.3 Å². The summed E-state index contributed by atoms with van der Waals surface area (Å²) in [5.74, 6) is 1.54. The molecule has 2 aromatic rings. The predicted octanol–water partition coefficient (Wildman–Crippen LogP) is 3.55. The normalized spacial score (nSPS) is 15.7. The molecular weight excluding hydrogens is 286 g/mol. The average molecular weight is 306 g/mol.